The van der Waals surface area contributed by atoms with E-state index < -0.39 is 10.0 Å². The Hall–Kier alpha value is -0.530. The summed E-state index contributed by atoms with van der Waals surface area (Å²) in [7, 11) is -3.74. The molecular formula is C11H16Cl2N2O3S. The van der Waals surface area contributed by atoms with Gasteiger partial charge in [0.25, 0.3) is 0 Å². The first-order chi connectivity index (χ1) is 8.86. The maximum Gasteiger partial charge on any atom is 0.244 e. The molecular weight excluding hydrogens is 311 g/mol. The molecule has 108 valence electrons. The van der Waals surface area contributed by atoms with Crippen LogP contribution in [-0.4, -0.2) is 37.5 Å². The standard InChI is InChI=1S/C11H16Cl2N2O3S/c1-2-15(6-3-7-16)19(17,18)9-5-4-8(12)11(14)10(9)13/h4-5,16H,2-3,6-7,14H2,1H3. The molecule has 1 aromatic carbocycles. The second kappa shape index (κ2) is 6.76. The van der Waals surface area contributed by atoms with Gasteiger partial charge in [0.2, 0.25) is 10.0 Å². The van der Waals surface area contributed by atoms with Gasteiger partial charge in [-0.05, 0) is 18.6 Å². The van der Waals surface area contributed by atoms with Gasteiger partial charge in [-0.1, -0.05) is 30.1 Å². The van der Waals surface area contributed by atoms with E-state index in [0.29, 0.717) is 6.42 Å². The van der Waals surface area contributed by atoms with Crippen molar-refractivity contribution in [2.24, 2.45) is 0 Å². The number of hydrogen-bond acceptors (Lipinski definition) is 4. The van der Waals surface area contributed by atoms with Crippen LogP contribution in [0.5, 0.6) is 0 Å². The topological polar surface area (TPSA) is 83.6 Å². The zero-order valence-corrected chi connectivity index (χ0v) is 12.8. The Morgan fingerprint density at radius 2 is 2.00 bits per heavy atom. The third-order valence-corrected chi connectivity index (χ3v) is 5.49. The second-order valence-corrected chi connectivity index (χ2v) is 6.54. The molecule has 0 fully saturated rings. The highest BCUT2D eigenvalue weighted by molar-refractivity contribution is 7.89. The smallest absolute Gasteiger partial charge is 0.244 e. The van der Waals surface area contributed by atoms with Crippen LogP contribution >= 0.6 is 23.2 Å². The summed E-state index contributed by atoms with van der Waals surface area (Å²) in [5.41, 5.74) is 5.68. The van der Waals surface area contributed by atoms with Gasteiger partial charge in [-0.3, -0.25) is 0 Å². The monoisotopic (exact) mass is 326 g/mol. The zero-order valence-electron chi connectivity index (χ0n) is 10.4. The molecule has 0 aliphatic carbocycles. The Labute approximate surface area is 123 Å². The quantitative estimate of drug-likeness (QED) is 0.783. The number of sulfonamides is 1. The molecule has 0 aliphatic rings. The van der Waals surface area contributed by atoms with Gasteiger partial charge in [-0.15, -0.1) is 0 Å². The van der Waals surface area contributed by atoms with E-state index in [1.54, 1.807) is 6.92 Å². The number of aliphatic hydroxyl groups is 1. The maximum atomic E-state index is 12.4. The number of aliphatic hydroxyl groups excluding tert-OH is 1. The zero-order chi connectivity index (χ0) is 14.6. The highest BCUT2D eigenvalue weighted by Crippen LogP contribution is 2.34. The highest BCUT2D eigenvalue weighted by Gasteiger charge is 2.26. The molecule has 1 aromatic rings. The molecule has 0 bridgehead atoms. The fraction of sp³-hybridized carbons (Fsp3) is 0.455. The number of halogens is 2. The van der Waals surface area contributed by atoms with Gasteiger partial charge in [0.15, 0.2) is 0 Å². The Kier molecular flexibility index (Phi) is 5.88. The Morgan fingerprint density at radius 1 is 1.37 bits per heavy atom. The van der Waals surface area contributed by atoms with Crippen LogP contribution in [-0.2, 0) is 10.0 Å². The number of hydrogen-bond donors (Lipinski definition) is 2. The SMILES string of the molecule is CCN(CCCO)S(=O)(=O)c1ccc(Cl)c(N)c1Cl. The molecule has 0 unspecified atom stereocenters. The number of rotatable bonds is 6. The second-order valence-electron chi connectivity index (χ2n) is 3.85. The highest BCUT2D eigenvalue weighted by atomic mass is 35.5. The molecule has 5 nitrogen and oxygen atoms in total. The van der Waals surface area contributed by atoms with E-state index in [4.69, 9.17) is 34.0 Å². The van der Waals surface area contributed by atoms with Gasteiger partial charge in [-0.25, -0.2) is 8.42 Å². The number of nitrogen functional groups attached to an aromatic ring is 1. The fourth-order valence-corrected chi connectivity index (χ4v) is 3.81. The van der Waals surface area contributed by atoms with Crippen LogP contribution < -0.4 is 5.73 Å². The molecule has 19 heavy (non-hydrogen) atoms. The lowest BCUT2D eigenvalue weighted by molar-refractivity contribution is 0.271. The molecule has 0 spiro atoms. The van der Waals surface area contributed by atoms with Gasteiger partial charge >= 0.3 is 0 Å². The molecule has 0 radical (unpaired) electrons. The molecule has 0 heterocycles. The van der Waals surface area contributed by atoms with E-state index in [0.717, 1.165) is 0 Å². The van der Waals surface area contributed by atoms with Gasteiger partial charge < -0.3 is 10.8 Å². The third kappa shape index (κ3) is 3.52. The summed E-state index contributed by atoms with van der Waals surface area (Å²) in [6.07, 6.45) is 0.355. The summed E-state index contributed by atoms with van der Waals surface area (Å²) in [5.74, 6) is 0. The molecule has 1 rings (SSSR count). The number of anilines is 1. The van der Waals surface area contributed by atoms with E-state index in [9.17, 15) is 8.42 Å². The van der Waals surface area contributed by atoms with Crippen molar-refractivity contribution in [1.82, 2.24) is 4.31 Å². The molecule has 8 heteroatoms. The first-order valence-corrected chi connectivity index (χ1v) is 7.90. The summed E-state index contributed by atoms with van der Waals surface area (Å²) >= 11 is 11.7. The summed E-state index contributed by atoms with van der Waals surface area (Å²) in [4.78, 5) is -0.0733. The third-order valence-electron chi connectivity index (χ3n) is 2.63. The normalized spacial score (nSPS) is 12.1. The molecule has 0 saturated heterocycles. The van der Waals surface area contributed by atoms with Gasteiger partial charge in [0, 0.05) is 19.7 Å². The Morgan fingerprint density at radius 3 is 2.53 bits per heavy atom. The molecule has 0 atom stereocenters. The van der Waals surface area contributed by atoms with Crippen molar-refractivity contribution in [2.75, 3.05) is 25.4 Å². The van der Waals surface area contributed by atoms with Gasteiger partial charge in [-0.2, -0.15) is 4.31 Å². The summed E-state index contributed by atoms with van der Waals surface area (Å²) < 4.78 is 26.1. The van der Waals surface area contributed by atoms with Crippen molar-refractivity contribution < 1.29 is 13.5 Å². The minimum absolute atomic E-state index is 0.0441. The van der Waals surface area contributed by atoms with Gasteiger partial charge in [0.05, 0.1) is 15.7 Å². The molecule has 0 saturated carbocycles. The Balaban J connectivity index is 3.22. The molecule has 0 aliphatic heterocycles. The van der Waals surface area contributed by atoms with E-state index in [-0.39, 0.29) is 40.3 Å². The van der Waals surface area contributed by atoms with Gasteiger partial charge in [0.1, 0.15) is 4.90 Å². The van der Waals surface area contributed by atoms with Crippen LogP contribution in [0.1, 0.15) is 13.3 Å². The predicted molar refractivity (Wildman–Crippen MR) is 77.0 cm³/mol. The van der Waals surface area contributed by atoms with Crippen LogP contribution in [0.3, 0.4) is 0 Å². The van der Waals surface area contributed by atoms with E-state index in [1.165, 1.54) is 16.4 Å². The first kappa shape index (κ1) is 16.5. The van der Waals surface area contributed by atoms with E-state index in [1.807, 2.05) is 0 Å². The van der Waals surface area contributed by atoms with Crippen LogP contribution in [0.25, 0.3) is 0 Å². The number of nitrogens with zero attached hydrogens (tertiary/aromatic N) is 1. The lowest BCUT2D eigenvalue weighted by Gasteiger charge is -2.21. The van der Waals surface area contributed by atoms with Crippen molar-refractivity contribution in [3.05, 3.63) is 22.2 Å². The van der Waals surface area contributed by atoms with Crippen molar-refractivity contribution in [1.29, 1.82) is 0 Å². The van der Waals surface area contributed by atoms with Crippen molar-refractivity contribution in [3.8, 4) is 0 Å². The molecule has 0 amide bonds. The Bertz CT molecular complexity index is 549. The largest absolute Gasteiger partial charge is 0.396 e. The summed E-state index contributed by atoms with van der Waals surface area (Å²) in [5, 5.41) is 8.93. The maximum absolute atomic E-state index is 12.4. The van der Waals surface area contributed by atoms with E-state index >= 15 is 0 Å². The van der Waals surface area contributed by atoms with Crippen LogP contribution in [0, 0.1) is 0 Å². The van der Waals surface area contributed by atoms with Crippen LogP contribution in [0.15, 0.2) is 17.0 Å². The van der Waals surface area contributed by atoms with Crippen molar-refractivity contribution in [2.45, 2.75) is 18.2 Å². The molecule has 3 N–H and O–H groups in total. The van der Waals surface area contributed by atoms with Crippen molar-refractivity contribution in [3.63, 3.8) is 0 Å². The lowest BCUT2D eigenvalue weighted by atomic mass is 10.3. The summed E-state index contributed by atoms with van der Waals surface area (Å²) in [6.45, 7) is 2.13. The van der Waals surface area contributed by atoms with Crippen LogP contribution in [0.2, 0.25) is 10.0 Å². The average Bonchev–Trinajstić information content (AvgIpc) is 2.36. The molecule has 0 aromatic heterocycles. The minimum atomic E-state index is -3.74. The fourth-order valence-electron chi connectivity index (χ4n) is 1.58. The predicted octanol–water partition coefficient (Wildman–Crippen LogP) is 1.97. The number of nitrogens with two attached hydrogens (primary N) is 1. The number of benzene rings is 1. The minimum Gasteiger partial charge on any atom is -0.396 e. The lowest BCUT2D eigenvalue weighted by Crippen LogP contribution is -2.32. The van der Waals surface area contributed by atoms with Crippen molar-refractivity contribution >= 4 is 38.9 Å². The summed E-state index contributed by atoms with van der Waals surface area (Å²) in [6, 6.07) is 2.73. The van der Waals surface area contributed by atoms with Crippen LogP contribution in [0.4, 0.5) is 5.69 Å². The average molecular weight is 327 g/mol. The first-order valence-electron chi connectivity index (χ1n) is 5.70. The van der Waals surface area contributed by atoms with E-state index in [2.05, 4.69) is 0 Å².